The Morgan fingerprint density at radius 1 is 1.29 bits per heavy atom. The third-order valence-electron chi connectivity index (χ3n) is 4.39. The lowest BCUT2D eigenvalue weighted by atomic mass is 10.00. The van der Waals surface area contributed by atoms with Gasteiger partial charge in [-0.15, -0.1) is 0 Å². The summed E-state index contributed by atoms with van der Waals surface area (Å²) in [5.74, 6) is -0.293. The van der Waals surface area contributed by atoms with E-state index >= 15 is 0 Å². The molecule has 4 nitrogen and oxygen atoms in total. The molecule has 2 aromatic rings. The van der Waals surface area contributed by atoms with Crippen LogP contribution in [0, 0.1) is 5.82 Å². The van der Waals surface area contributed by atoms with Gasteiger partial charge in [0.05, 0.1) is 0 Å². The second-order valence-corrected chi connectivity index (χ2v) is 6.02. The number of nitrogens with zero attached hydrogens (tertiary/aromatic N) is 1. The molecule has 1 saturated heterocycles. The van der Waals surface area contributed by atoms with E-state index in [4.69, 9.17) is 0 Å². The minimum Gasteiger partial charge on any atom is -0.355 e. The Balaban J connectivity index is 1.83. The fraction of sp³-hybridized carbons (Fsp3) is 0.316. The summed E-state index contributed by atoms with van der Waals surface area (Å²) in [4.78, 5) is 14.2. The molecule has 0 unspecified atom stereocenters. The van der Waals surface area contributed by atoms with E-state index in [1.54, 1.807) is 19.2 Å². The maximum Gasteiger partial charge on any atom is 0.251 e. The minimum absolute atomic E-state index is 0.0858. The smallest absolute Gasteiger partial charge is 0.251 e. The third kappa shape index (κ3) is 3.80. The Bertz CT molecular complexity index is 719. The van der Waals surface area contributed by atoms with Crippen LogP contribution in [0.15, 0.2) is 48.5 Å². The molecule has 0 aromatic heterocycles. The van der Waals surface area contributed by atoms with Crippen LogP contribution < -0.4 is 10.6 Å². The van der Waals surface area contributed by atoms with Crippen molar-refractivity contribution in [2.45, 2.75) is 12.6 Å². The zero-order valence-corrected chi connectivity index (χ0v) is 13.8. The first-order valence-electron chi connectivity index (χ1n) is 8.18. The van der Waals surface area contributed by atoms with Crippen LogP contribution in [0.2, 0.25) is 0 Å². The molecule has 2 aromatic carbocycles. The molecule has 1 amide bonds. The largest absolute Gasteiger partial charge is 0.355 e. The highest BCUT2D eigenvalue weighted by Crippen LogP contribution is 2.25. The fourth-order valence-corrected chi connectivity index (χ4v) is 3.17. The van der Waals surface area contributed by atoms with Crippen LogP contribution in [0.5, 0.6) is 0 Å². The number of carbonyl (C=O) groups excluding carboxylic acids is 1. The molecule has 0 bridgehead atoms. The molecule has 3 rings (SSSR count). The first-order valence-corrected chi connectivity index (χ1v) is 8.18. The average Bonchev–Trinajstić information content (AvgIpc) is 2.61. The predicted molar refractivity (Wildman–Crippen MR) is 92.3 cm³/mol. The first kappa shape index (κ1) is 16.6. The van der Waals surface area contributed by atoms with E-state index in [1.807, 2.05) is 30.3 Å². The first-order chi connectivity index (χ1) is 11.7. The molecular formula is C19H22FN3O. The molecule has 1 aliphatic heterocycles. The van der Waals surface area contributed by atoms with Crippen LogP contribution in [0.1, 0.15) is 27.5 Å². The molecule has 126 valence electrons. The Kier molecular flexibility index (Phi) is 5.23. The molecule has 5 heteroatoms. The van der Waals surface area contributed by atoms with Crippen LogP contribution in [0.25, 0.3) is 0 Å². The fourth-order valence-electron chi connectivity index (χ4n) is 3.17. The van der Waals surface area contributed by atoms with Crippen LogP contribution >= 0.6 is 0 Å². The van der Waals surface area contributed by atoms with Crippen molar-refractivity contribution in [3.63, 3.8) is 0 Å². The van der Waals surface area contributed by atoms with E-state index < -0.39 is 0 Å². The highest BCUT2D eigenvalue weighted by molar-refractivity contribution is 5.94. The van der Waals surface area contributed by atoms with Crippen molar-refractivity contribution < 1.29 is 9.18 Å². The van der Waals surface area contributed by atoms with Gasteiger partial charge >= 0.3 is 0 Å². The lowest BCUT2D eigenvalue weighted by Crippen LogP contribution is -2.45. The zero-order valence-electron chi connectivity index (χ0n) is 13.8. The van der Waals surface area contributed by atoms with Crippen LogP contribution in [0.3, 0.4) is 0 Å². The second-order valence-electron chi connectivity index (χ2n) is 6.02. The number of hydrogen-bond donors (Lipinski definition) is 2. The van der Waals surface area contributed by atoms with Crippen LogP contribution in [0.4, 0.5) is 4.39 Å². The van der Waals surface area contributed by atoms with E-state index in [1.165, 1.54) is 6.07 Å². The third-order valence-corrected chi connectivity index (χ3v) is 4.39. The molecule has 0 aliphatic carbocycles. The van der Waals surface area contributed by atoms with Crippen molar-refractivity contribution in [1.82, 2.24) is 15.5 Å². The summed E-state index contributed by atoms with van der Waals surface area (Å²) in [5.41, 5.74) is 2.72. The number of amides is 1. The summed E-state index contributed by atoms with van der Waals surface area (Å²) >= 11 is 0. The lowest BCUT2D eigenvalue weighted by Gasteiger charge is -2.36. The SMILES string of the molecule is CNC(=O)c1cccc([C@H]2CNCCN2Cc2cccc(F)c2)c1. The number of piperazine rings is 1. The summed E-state index contributed by atoms with van der Waals surface area (Å²) in [6, 6.07) is 14.6. The molecule has 0 radical (unpaired) electrons. The van der Waals surface area contributed by atoms with Gasteiger partial charge in [0.1, 0.15) is 5.82 Å². The molecule has 1 fully saturated rings. The highest BCUT2D eigenvalue weighted by Gasteiger charge is 2.24. The van der Waals surface area contributed by atoms with Crippen molar-refractivity contribution in [2.75, 3.05) is 26.7 Å². The van der Waals surface area contributed by atoms with Gasteiger partial charge in [-0.25, -0.2) is 4.39 Å². The van der Waals surface area contributed by atoms with Crippen molar-refractivity contribution in [3.8, 4) is 0 Å². The van der Waals surface area contributed by atoms with Crippen molar-refractivity contribution in [1.29, 1.82) is 0 Å². The van der Waals surface area contributed by atoms with Crippen molar-refractivity contribution in [3.05, 3.63) is 71.0 Å². The van der Waals surface area contributed by atoms with E-state index in [0.29, 0.717) is 12.1 Å². The summed E-state index contributed by atoms with van der Waals surface area (Å²) in [7, 11) is 1.63. The minimum atomic E-state index is -0.208. The monoisotopic (exact) mass is 327 g/mol. The van der Waals surface area contributed by atoms with Gasteiger partial charge in [-0.05, 0) is 35.4 Å². The number of halogens is 1. The zero-order chi connectivity index (χ0) is 16.9. The predicted octanol–water partition coefficient (Wildman–Crippen LogP) is 2.33. The lowest BCUT2D eigenvalue weighted by molar-refractivity contribution is 0.0962. The Morgan fingerprint density at radius 2 is 2.12 bits per heavy atom. The number of rotatable bonds is 4. The van der Waals surface area contributed by atoms with Crippen LogP contribution in [-0.2, 0) is 6.54 Å². The summed E-state index contributed by atoms with van der Waals surface area (Å²) < 4.78 is 13.4. The normalized spacial score (nSPS) is 18.3. The van der Waals surface area contributed by atoms with E-state index in [2.05, 4.69) is 15.5 Å². The van der Waals surface area contributed by atoms with Gasteiger partial charge < -0.3 is 10.6 Å². The second kappa shape index (κ2) is 7.55. The molecular weight excluding hydrogens is 305 g/mol. The van der Waals surface area contributed by atoms with Crippen molar-refractivity contribution in [2.24, 2.45) is 0 Å². The van der Waals surface area contributed by atoms with Crippen LogP contribution in [-0.4, -0.2) is 37.5 Å². The summed E-state index contributed by atoms with van der Waals surface area (Å²) in [5, 5.41) is 6.07. The highest BCUT2D eigenvalue weighted by atomic mass is 19.1. The van der Waals surface area contributed by atoms with E-state index in [9.17, 15) is 9.18 Å². The van der Waals surface area contributed by atoms with Gasteiger partial charge in [0.25, 0.3) is 5.91 Å². The quantitative estimate of drug-likeness (QED) is 0.906. The molecule has 0 spiro atoms. The van der Waals surface area contributed by atoms with Gasteiger partial charge in [0.2, 0.25) is 0 Å². The molecule has 1 aliphatic rings. The Labute approximate surface area is 141 Å². The van der Waals surface area contributed by atoms with Gasteiger partial charge in [-0.1, -0.05) is 24.3 Å². The maximum absolute atomic E-state index is 13.4. The standard InChI is InChI=1S/C19H22FN3O/c1-21-19(24)16-6-3-5-15(11-16)18-12-22-8-9-23(18)13-14-4-2-7-17(20)10-14/h2-7,10-11,18,22H,8-9,12-13H2,1H3,(H,21,24)/t18-/m1/s1. The maximum atomic E-state index is 13.4. The summed E-state index contributed by atoms with van der Waals surface area (Å²) in [6.45, 7) is 3.28. The molecule has 2 N–H and O–H groups in total. The molecule has 1 atom stereocenters. The van der Waals surface area contributed by atoms with Crippen molar-refractivity contribution >= 4 is 5.91 Å². The average molecular weight is 327 g/mol. The van der Waals surface area contributed by atoms with Gasteiger partial charge in [-0.3, -0.25) is 9.69 Å². The number of hydrogen-bond acceptors (Lipinski definition) is 3. The topological polar surface area (TPSA) is 44.4 Å². The van der Waals surface area contributed by atoms with E-state index in [-0.39, 0.29) is 17.8 Å². The Morgan fingerprint density at radius 3 is 2.92 bits per heavy atom. The Hall–Kier alpha value is -2.24. The molecule has 0 saturated carbocycles. The van der Waals surface area contributed by atoms with Gasteiger partial charge in [-0.2, -0.15) is 0 Å². The number of carbonyl (C=O) groups is 1. The summed E-state index contributed by atoms with van der Waals surface area (Å²) in [6.07, 6.45) is 0. The van der Waals surface area contributed by atoms with Gasteiger partial charge in [0, 0.05) is 44.8 Å². The molecule has 24 heavy (non-hydrogen) atoms. The molecule has 1 heterocycles. The van der Waals surface area contributed by atoms with E-state index in [0.717, 1.165) is 30.8 Å². The number of nitrogens with one attached hydrogen (secondary N) is 2. The van der Waals surface area contributed by atoms with Gasteiger partial charge in [0.15, 0.2) is 0 Å². The number of benzene rings is 2.